The third kappa shape index (κ3) is 5.86. The number of esters is 2. The molecule has 0 aliphatic heterocycles. The van der Waals surface area contributed by atoms with Crippen LogP contribution in [0.4, 0.5) is 0 Å². The highest BCUT2D eigenvalue weighted by atomic mass is 32.1. The van der Waals surface area contributed by atoms with Crippen molar-refractivity contribution < 1.29 is 23.9 Å². The molecule has 0 fully saturated rings. The fourth-order valence-corrected chi connectivity index (χ4v) is 2.71. The van der Waals surface area contributed by atoms with E-state index in [1.165, 1.54) is 18.1 Å². The maximum Gasteiger partial charge on any atom is 0.337 e. The fourth-order valence-electron chi connectivity index (χ4n) is 2.05. The molecule has 0 saturated carbocycles. The molecule has 2 aromatic rings. The summed E-state index contributed by atoms with van der Waals surface area (Å²) in [7, 11) is 2.97. The van der Waals surface area contributed by atoms with Crippen molar-refractivity contribution in [3.05, 3.63) is 63.9 Å². The predicted octanol–water partition coefficient (Wildman–Crippen LogP) is 2.75. The summed E-state index contributed by atoms with van der Waals surface area (Å²) in [4.78, 5) is 36.5. The summed E-state index contributed by atoms with van der Waals surface area (Å²) in [5.41, 5.74) is 2.18. The molecule has 0 spiro atoms. The lowest BCUT2D eigenvalue weighted by Crippen LogP contribution is -2.30. The standard InChI is InChI=1S/C19H19NO5S/c1-20(11-15-9-10-26-13-15)17(21)12-25-18(22)8-5-14-3-6-16(7-4-14)19(23)24-2/h3-10,13H,11-12H2,1-2H3/b8-5+. The van der Waals surface area contributed by atoms with Gasteiger partial charge in [0.2, 0.25) is 0 Å². The van der Waals surface area contributed by atoms with Gasteiger partial charge < -0.3 is 14.4 Å². The number of nitrogens with zero attached hydrogens (tertiary/aromatic N) is 1. The maximum absolute atomic E-state index is 12.0. The van der Waals surface area contributed by atoms with Crippen LogP contribution in [0.15, 0.2) is 47.2 Å². The van der Waals surface area contributed by atoms with E-state index in [1.807, 2.05) is 16.8 Å². The summed E-state index contributed by atoms with van der Waals surface area (Å²) in [6, 6.07) is 8.49. The van der Waals surface area contributed by atoms with E-state index < -0.39 is 11.9 Å². The minimum atomic E-state index is -0.612. The van der Waals surface area contributed by atoms with Crippen LogP contribution in [-0.2, 0) is 25.6 Å². The van der Waals surface area contributed by atoms with E-state index in [2.05, 4.69) is 4.74 Å². The molecule has 1 aromatic carbocycles. The van der Waals surface area contributed by atoms with Crippen molar-refractivity contribution in [2.75, 3.05) is 20.8 Å². The molecule has 0 aliphatic rings. The molecule has 0 atom stereocenters. The normalized spacial score (nSPS) is 10.5. The molecule has 26 heavy (non-hydrogen) atoms. The number of methoxy groups -OCH3 is 1. The average molecular weight is 373 g/mol. The Morgan fingerprint density at radius 3 is 2.50 bits per heavy atom. The molecule has 0 radical (unpaired) electrons. The minimum Gasteiger partial charge on any atom is -0.465 e. The molecule has 7 heteroatoms. The van der Waals surface area contributed by atoms with Crippen molar-refractivity contribution in [1.82, 2.24) is 4.90 Å². The van der Waals surface area contributed by atoms with Gasteiger partial charge in [-0.2, -0.15) is 11.3 Å². The third-order valence-corrected chi connectivity index (χ3v) is 4.24. The second kappa shape index (κ2) is 9.53. The van der Waals surface area contributed by atoms with Gasteiger partial charge in [0, 0.05) is 19.7 Å². The number of carbonyl (C=O) groups excluding carboxylic acids is 3. The second-order valence-electron chi connectivity index (χ2n) is 5.44. The largest absolute Gasteiger partial charge is 0.465 e. The second-order valence-corrected chi connectivity index (χ2v) is 6.22. The predicted molar refractivity (Wildman–Crippen MR) is 98.6 cm³/mol. The van der Waals surface area contributed by atoms with E-state index >= 15 is 0 Å². The number of hydrogen-bond donors (Lipinski definition) is 0. The van der Waals surface area contributed by atoms with Crippen molar-refractivity contribution >= 4 is 35.3 Å². The molecule has 1 amide bonds. The molecular weight excluding hydrogens is 354 g/mol. The van der Waals surface area contributed by atoms with Crippen LogP contribution in [0, 0.1) is 0 Å². The summed E-state index contributed by atoms with van der Waals surface area (Å²) in [5, 5.41) is 3.90. The van der Waals surface area contributed by atoms with E-state index in [0.29, 0.717) is 12.1 Å². The lowest BCUT2D eigenvalue weighted by molar-refractivity contribution is -0.147. The van der Waals surface area contributed by atoms with Crippen molar-refractivity contribution in [3.8, 4) is 0 Å². The van der Waals surface area contributed by atoms with Crippen molar-refractivity contribution in [2.24, 2.45) is 0 Å². The number of thiophene rings is 1. The molecule has 136 valence electrons. The molecule has 0 aliphatic carbocycles. The van der Waals surface area contributed by atoms with E-state index in [-0.39, 0.29) is 12.5 Å². The SMILES string of the molecule is COC(=O)c1ccc(/C=C/C(=O)OCC(=O)N(C)Cc2ccsc2)cc1. The van der Waals surface area contributed by atoms with Crippen LogP contribution >= 0.6 is 11.3 Å². The Morgan fingerprint density at radius 1 is 1.15 bits per heavy atom. The lowest BCUT2D eigenvalue weighted by Gasteiger charge is -2.15. The number of rotatable bonds is 7. The van der Waals surface area contributed by atoms with Gasteiger partial charge in [-0.05, 0) is 46.2 Å². The molecule has 0 bridgehead atoms. The minimum absolute atomic E-state index is 0.277. The molecule has 6 nitrogen and oxygen atoms in total. The Balaban J connectivity index is 1.79. The first-order valence-corrected chi connectivity index (χ1v) is 8.72. The van der Waals surface area contributed by atoms with Crippen molar-refractivity contribution in [1.29, 1.82) is 0 Å². The van der Waals surface area contributed by atoms with Crippen LogP contribution < -0.4 is 0 Å². The fraction of sp³-hybridized carbons (Fsp3) is 0.211. The van der Waals surface area contributed by atoms with Gasteiger partial charge in [-0.3, -0.25) is 4.79 Å². The number of benzene rings is 1. The Morgan fingerprint density at radius 2 is 1.88 bits per heavy atom. The molecule has 0 saturated heterocycles. The number of ether oxygens (including phenoxy) is 2. The van der Waals surface area contributed by atoms with Crippen LogP contribution in [-0.4, -0.2) is 43.5 Å². The zero-order chi connectivity index (χ0) is 18.9. The van der Waals surface area contributed by atoms with E-state index in [9.17, 15) is 14.4 Å². The summed E-state index contributed by atoms with van der Waals surface area (Å²) in [5.74, 6) is -1.32. The van der Waals surface area contributed by atoms with E-state index in [0.717, 1.165) is 11.1 Å². The Bertz CT molecular complexity index is 781. The van der Waals surface area contributed by atoms with Crippen LogP contribution in [0.25, 0.3) is 6.08 Å². The first-order chi connectivity index (χ1) is 12.5. The zero-order valence-electron chi connectivity index (χ0n) is 14.5. The maximum atomic E-state index is 12.0. The van der Waals surface area contributed by atoms with Crippen molar-refractivity contribution in [3.63, 3.8) is 0 Å². The Kier molecular flexibility index (Phi) is 7.11. The highest BCUT2D eigenvalue weighted by molar-refractivity contribution is 7.07. The lowest BCUT2D eigenvalue weighted by atomic mass is 10.1. The van der Waals surface area contributed by atoms with Crippen LogP contribution in [0.2, 0.25) is 0 Å². The van der Waals surface area contributed by atoms with Crippen LogP contribution in [0.1, 0.15) is 21.5 Å². The third-order valence-electron chi connectivity index (χ3n) is 3.51. The average Bonchev–Trinajstić information content (AvgIpc) is 3.17. The van der Waals surface area contributed by atoms with Crippen LogP contribution in [0.5, 0.6) is 0 Å². The smallest absolute Gasteiger partial charge is 0.337 e. The number of likely N-dealkylation sites (N-methyl/N-ethyl adjacent to an activating group) is 1. The zero-order valence-corrected chi connectivity index (χ0v) is 15.3. The van der Waals surface area contributed by atoms with Gasteiger partial charge in [0.25, 0.3) is 5.91 Å². The Hall–Kier alpha value is -2.93. The highest BCUT2D eigenvalue weighted by Crippen LogP contribution is 2.09. The topological polar surface area (TPSA) is 72.9 Å². The van der Waals surface area contributed by atoms with Crippen molar-refractivity contribution in [2.45, 2.75) is 6.54 Å². The summed E-state index contributed by atoms with van der Waals surface area (Å²) in [6.07, 6.45) is 2.78. The van der Waals surface area contributed by atoms with E-state index in [4.69, 9.17) is 4.74 Å². The van der Waals surface area contributed by atoms with Gasteiger partial charge in [-0.1, -0.05) is 12.1 Å². The summed E-state index contributed by atoms with van der Waals surface area (Å²) < 4.78 is 9.57. The molecule has 0 N–H and O–H groups in total. The Labute approximate surface area is 155 Å². The summed E-state index contributed by atoms with van der Waals surface area (Å²) >= 11 is 1.56. The number of amides is 1. The molecule has 1 aromatic heterocycles. The van der Waals surface area contributed by atoms with Gasteiger partial charge in [-0.25, -0.2) is 9.59 Å². The number of carbonyl (C=O) groups is 3. The summed E-state index contributed by atoms with van der Waals surface area (Å²) in [6.45, 7) is 0.160. The van der Waals surface area contributed by atoms with Gasteiger partial charge >= 0.3 is 11.9 Å². The van der Waals surface area contributed by atoms with E-state index in [1.54, 1.807) is 48.7 Å². The van der Waals surface area contributed by atoms with Gasteiger partial charge in [0.05, 0.1) is 12.7 Å². The first kappa shape index (κ1) is 19.4. The van der Waals surface area contributed by atoms with Gasteiger partial charge in [0.1, 0.15) is 0 Å². The molecule has 1 heterocycles. The first-order valence-electron chi connectivity index (χ1n) is 7.78. The van der Waals surface area contributed by atoms with Crippen LogP contribution in [0.3, 0.4) is 0 Å². The quantitative estimate of drug-likeness (QED) is 0.551. The highest BCUT2D eigenvalue weighted by Gasteiger charge is 2.11. The molecular formula is C19H19NO5S. The van der Waals surface area contributed by atoms with Gasteiger partial charge in [0.15, 0.2) is 6.61 Å². The monoisotopic (exact) mass is 373 g/mol. The van der Waals surface area contributed by atoms with Gasteiger partial charge in [-0.15, -0.1) is 0 Å². The number of hydrogen-bond acceptors (Lipinski definition) is 6. The molecule has 2 rings (SSSR count). The molecule has 0 unspecified atom stereocenters.